The average Bonchev–Trinajstić information content (AvgIpc) is 3.40. The van der Waals surface area contributed by atoms with Crippen molar-refractivity contribution in [3.63, 3.8) is 0 Å². The number of rotatable bonds is 4. The monoisotopic (exact) mass is 456 g/mol. The number of halogens is 2. The lowest BCUT2D eigenvalue weighted by molar-refractivity contribution is -0.119. The molecule has 2 N–H and O–H groups in total. The number of hydrogen-bond donors (Lipinski definition) is 2. The minimum atomic E-state index is -0.668. The summed E-state index contributed by atoms with van der Waals surface area (Å²) in [6.07, 6.45) is 2.77. The molecular formula is C23H22ClFN4O3. The fourth-order valence-electron chi connectivity index (χ4n) is 4.00. The highest BCUT2D eigenvalue weighted by Crippen LogP contribution is 2.27. The number of carbonyl (C=O) groups excluding carboxylic acids is 3. The van der Waals surface area contributed by atoms with E-state index >= 15 is 0 Å². The number of carbonyl (C=O) groups is 3. The third-order valence-corrected chi connectivity index (χ3v) is 5.88. The van der Waals surface area contributed by atoms with Gasteiger partial charge in [0.15, 0.2) is 0 Å². The number of nitrogens with zero attached hydrogens (tertiary/aromatic N) is 2. The summed E-state index contributed by atoms with van der Waals surface area (Å²) < 4.78 is 15.6. The summed E-state index contributed by atoms with van der Waals surface area (Å²) in [6.45, 7) is 1.82. The van der Waals surface area contributed by atoms with E-state index in [-0.39, 0.29) is 28.9 Å². The van der Waals surface area contributed by atoms with Gasteiger partial charge in [-0.2, -0.15) is 0 Å². The third-order valence-electron chi connectivity index (χ3n) is 5.59. The van der Waals surface area contributed by atoms with E-state index in [9.17, 15) is 18.8 Å². The normalized spacial score (nSPS) is 15.7. The molecule has 1 fully saturated rings. The van der Waals surface area contributed by atoms with Crippen LogP contribution in [0.4, 0.5) is 14.9 Å². The van der Waals surface area contributed by atoms with Crippen molar-refractivity contribution in [2.24, 2.45) is 0 Å². The van der Waals surface area contributed by atoms with E-state index in [0.29, 0.717) is 30.6 Å². The largest absolute Gasteiger partial charge is 0.334 e. The second kappa shape index (κ2) is 9.00. The molecule has 2 heterocycles. The van der Waals surface area contributed by atoms with Gasteiger partial charge in [0, 0.05) is 37.2 Å². The van der Waals surface area contributed by atoms with Crippen molar-refractivity contribution in [1.29, 1.82) is 0 Å². The predicted octanol–water partition coefficient (Wildman–Crippen LogP) is 4.41. The molecule has 0 bridgehead atoms. The molecule has 1 saturated heterocycles. The van der Waals surface area contributed by atoms with Crippen molar-refractivity contribution >= 4 is 46.0 Å². The zero-order valence-electron chi connectivity index (χ0n) is 17.4. The molecule has 3 aromatic rings. The van der Waals surface area contributed by atoms with Crippen LogP contribution >= 0.6 is 11.6 Å². The first-order valence-corrected chi connectivity index (χ1v) is 10.6. The van der Waals surface area contributed by atoms with Crippen molar-refractivity contribution in [2.75, 3.05) is 11.9 Å². The number of hydrogen-bond acceptors (Lipinski definition) is 3. The van der Waals surface area contributed by atoms with E-state index in [1.807, 2.05) is 18.2 Å². The van der Waals surface area contributed by atoms with Crippen molar-refractivity contribution < 1.29 is 18.8 Å². The smallest absolute Gasteiger partial charge is 0.318 e. The summed E-state index contributed by atoms with van der Waals surface area (Å²) in [4.78, 5) is 39.1. The Morgan fingerprint density at radius 1 is 1.16 bits per heavy atom. The van der Waals surface area contributed by atoms with Gasteiger partial charge in [0.2, 0.25) is 11.8 Å². The van der Waals surface area contributed by atoms with Gasteiger partial charge in [0.1, 0.15) is 11.9 Å². The Hall–Kier alpha value is -3.39. The molecule has 0 saturated carbocycles. The standard InChI is InChI=1S/C23H22ClFN4O3/c1-14(30)29-13-18(16-7-2-3-9-19(16)29)27-22(31)20-10-5-11-28(20)23(32)26-12-15-6-4-8-17(24)21(15)25/h2-4,6-9,13,20H,5,10-12H2,1H3,(H,26,32)(H,27,31). The predicted molar refractivity (Wildman–Crippen MR) is 120 cm³/mol. The maximum Gasteiger partial charge on any atom is 0.318 e. The first-order chi connectivity index (χ1) is 15.4. The van der Waals surface area contributed by atoms with Gasteiger partial charge in [-0.1, -0.05) is 41.9 Å². The van der Waals surface area contributed by atoms with Crippen LogP contribution < -0.4 is 10.6 Å². The lowest BCUT2D eigenvalue weighted by Gasteiger charge is -2.24. The molecule has 7 nitrogen and oxygen atoms in total. The number of urea groups is 1. The second-order valence-corrected chi connectivity index (χ2v) is 8.07. The Kier molecular flexibility index (Phi) is 6.14. The quantitative estimate of drug-likeness (QED) is 0.610. The fourth-order valence-corrected chi connectivity index (χ4v) is 4.19. The number of benzene rings is 2. The number of nitrogens with one attached hydrogen (secondary N) is 2. The topological polar surface area (TPSA) is 83.4 Å². The van der Waals surface area contributed by atoms with Gasteiger partial charge in [-0.15, -0.1) is 0 Å². The molecule has 1 aliphatic rings. The minimum absolute atomic E-state index is 0.0140. The Balaban J connectivity index is 1.47. The molecule has 166 valence electrons. The van der Waals surface area contributed by atoms with Gasteiger partial charge in [-0.3, -0.25) is 14.2 Å². The summed E-state index contributed by atoms with van der Waals surface area (Å²) in [7, 11) is 0. The van der Waals surface area contributed by atoms with E-state index in [0.717, 1.165) is 5.39 Å². The first-order valence-electron chi connectivity index (χ1n) is 10.3. The van der Waals surface area contributed by atoms with Crippen molar-refractivity contribution in [3.8, 4) is 0 Å². The summed E-state index contributed by atoms with van der Waals surface area (Å²) in [5.74, 6) is -1.08. The van der Waals surface area contributed by atoms with Crippen molar-refractivity contribution in [3.05, 3.63) is 65.1 Å². The SMILES string of the molecule is CC(=O)n1cc(NC(=O)C2CCCN2C(=O)NCc2cccc(Cl)c2F)c2ccccc21. The highest BCUT2D eigenvalue weighted by molar-refractivity contribution is 6.30. The van der Waals surface area contributed by atoms with Gasteiger partial charge in [-0.25, -0.2) is 9.18 Å². The van der Waals surface area contributed by atoms with E-state index in [1.54, 1.807) is 24.4 Å². The van der Waals surface area contributed by atoms with Crippen molar-refractivity contribution in [1.82, 2.24) is 14.8 Å². The van der Waals surface area contributed by atoms with Crippen LogP contribution in [0.5, 0.6) is 0 Å². The average molecular weight is 457 g/mol. The zero-order chi connectivity index (χ0) is 22.8. The van der Waals surface area contributed by atoms with Crippen LogP contribution in [-0.2, 0) is 11.3 Å². The van der Waals surface area contributed by atoms with Crippen LogP contribution in [0.25, 0.3) is 10.9 Å². The molecule has 2 aromatic carbocycles. The lowest BCUT2D eigenvalue weighted by Crippen LogP contribution is -2.47. The van der Waals surface area contributed by atoms with Crippen LogP contribution in [0.15, 0.2) is 48.7 Å². The highest BCUT2D eigenvalue weighted by atomic mass is 35.5. The lowest BCUT2D eigenvalue weighted by atomic mass is 10.2. The molecule has 1 unspecified atom stereocenters. The molecule has 0 spiro atoms. The maximum absolute atomic E-state index is 14.1. The second-order valence-electron chi connectivity index (χ2n) is 7.66. The summed E-state index contributed by atoms with van der Waals surface area (Å²) >= 11 is 5.79. The van der Waals surface area contributed by atoms with Gasteiger partial charge < -0.3 is 15.5 Å². The van der Waals surface area contributed by atoms with Crippen LogP contribution in [0, 0.1) is 5.82 Å². The number of likely N-dealkylation sites (tertiary alicyclic amines) is 1. The molecule has 32 heavy (non-hydrogen) atoms. The van der Waals surface area contributed by atoms with Gasteiger partial charge >= 0.3 is 6.03 Å². The number of amides is 3. The molecule has 3 amide bonds. The van der Waals surface area contributed by atoms with E-state index in [4.69, 9.17) is 11.6 Å². The molecular weight excluding hydrogens is 435 g/mol. The number of aromatic nitrogens is 1. The minimum Gasteiger partial charge on any atom is -0.334 e. The molecule has 1 aromatic heterocycles. The van der Waals surface area contributed by atoms with Gasteiger partial charge in [0.05, 0.1) is 16.2 Å². The molecule has 4 rings (SSSR count). The van der Waals surface area contributed by atoms with Crippen LogP contribution in [-0.4, -0.2) is 39.9 Å². The Labute approximate surface area is 189 Å². The zero-order valence-corrected chi connectivity index (χ0v) is 18.2. The van der Waals surface area contributed by atoms with Gasteiger partial charge in [-0.05, 0) is 25.0 Å². The van der Waals surface area contributed by atoms with Crippen molar-refractivity contribution in [2.45, 2.75) is 32.4 Å². The molecule has 0 radical (unpaired) electrons. The van der Waals surface area contributed by atoms with Crippen LogP contribution in [0.1, 0.15) is 30.1 Å². The summed E-state index contributed by atoms with van der Waals surface area (Å²) in [5, 5.41) is 6.26. The highest BCUT2D eigenvalue weighted by Gasteiger charge is 2.34. The maximum atomic E-state index is 14.1. The fraction of sp³-hybridized carbons (Fsp3) is 0.261. The van der Waals surface area contributed by atoms with Crippen LogP contribution in [0.3, 0.4) is 0 Å². The molecule has 1 atom stereocenters. The van der Waals surface area contributed by atoms with E-state index in [1.165, 1.54) is 22.5 Å². The Bertz CT molecular complexity index is 1210. The molecule has 1 aliphatic heterocycles. The summed E-state index contributed by atoms with van der Waals surface area (Å²) in [6, 6.07) is 10.7. The van der Waals surface area contributed by atoms with Gasteiger partial charge in [0.25, 0.3) is 0 Å². The summed E-state index contributed by atoms with van der Waals surface area (Å²) in [5.41, 5.74) is 1.47. The van der Waals surface area contributed by atoms with E-state index in [2.05, 4.69) is 10.6 Å². The Morgan fingerprint density at radius 3 is 2.72 bits per heavy atom. The Morgan fingerprint density at radius 2 is 1.94 bits per heavy atom. The number of fused-ring (bicyclic) bond motifs is 1. The first kappa shape index (κ1) is 21.8. The molecule has 0 aliphatic carbocycles. The third kappa shape index (κ3) is 4.18. The number of para-hydroxylation sites is 1. The van der Waals surface area contributed by atoms with E-state index < -0.39 is 17.9 Å². The molecule has 9 heteroatoms. The van der Waals surface area contributed by atoms with Crippen LogP contribution in [0.2, 0.25) is 5.02 Å². The number of anilines is 1.